The lowest BCUT2D eigenvalue weighted by atomic mass is 10.3. The minimum Gasteiger partial charge on any atom is -0.467 e. The summed E-state index contributed by atoms with van der Waals surface area (Å²) in [4.78, 5) is 13.4. The molecule has 3 N–H and O–H groups in total. The van der Waals surface area contributed by atoms with Gasteiger partial charge < -0.3 is 15.1 Å². The Labute approximate surface area is 92.0 Å². The van der Waals surface area contributed by atoms with Crippen LogP contribution in [0.15, 0.2) is 29.0 Å². The molecule has 0 aliphatic carbocycles. The fourth-order valence-electron chi connectivity index (χ4n) is 1.37. The molecule has 0 aliphatic heterocycles. The zero-order chi connectivity index (χ0) is 11.5. The van der Waals surface area contributed by atoms with Crippen LogP contribution in [-0.4, -0.2) is 28.1 Å². The van der Waals surface area contributed by atoms with Crippen LogP contribution in [-0.2, 0) is 6.54 Å². The van der Waals surface area contributed by atoms with E-state index in [2.05, 4.69) is 10.2 Å². The Morgan fingerprint density at radius 3 is 3.06 bits per heavy atom. The number of carbonyl (C=O) groups excluding carboxylic acids is 1. The highest BCUT2D eigenvalue weighted by Crippen LogP contribution is 2.11. The standard InChI is InChI=1S/C10H12N4O2/c1-14(6-7-3-2-4-16-7)10(15)9-8(11)5-12-13-9/h2-5H,6,11H2,1H3,(H,12,13). The maximum atomic E-state index is 11.9. The first-order valence-electron chi connectivity index (χ1n) is 4.75. The zero-order valence-electron chi connectivity index (χ0n) is 8.80. The van der Waals surface area contributed by atoms with Crippen LogP contribution in [0.1, 0.15) is 16.2 Å². The van der Waals surface area contributed by atoms with Gasteiger partial charge in [-0.3, -0.25) is 9.89 Å². The maximum Gasteiger partial charge on any atom is 0.274 e. The van der Waals surface area contributed by atoms with Crippen LogP contribution in [0.25, 0.3) is 0 Å². The van der Waals surface area contributed by atoms with Gasteiger partial charge in [0.1, 0.15) is 11.5 Å². The van der Waals surface area contributed by atoms with Crippen molar-refractivity contribution < 1.29 is 9.21 Å². The Kier molecular flexibility index (Phi) is 2.63. The third kappa shape index (κ3) is 1.90. The number of nitrogens with zero attached hydrogens (tertiary/aromatic N) is 2. The number of nitrogen functional groups attached to an aromatic ring is 1. The second kappa shape index (κ2) is 4.09. The van der Waals surface area contributed by atoms with Gasteiger partial charge in [0.05, 0.1) is 24.7 Å². The van der Waals surface area contributed by atoms with Gasteiger partial charge in [0.15, 0.2) is 0 Å². The molecule has 0 saturated carbocycles. The number of aromatic amines is 1. The first-order valence-corrected chi connectivity index (χ1v) is 4.75. The lowest BCUT2D eigenvalue weighted by molar-refractivity contribution is 0.0770. The SMILES string of the molecule is CN(Cc1ccco1)C(=O)c1[nH]ncc1N. The molecule has 0 bridgehead atoms. The van der Waals surface area contributed by atoms with Crippen LogP contribution in [0, 0.1) is 0 Å². The molecule has 2 heterocycles. The summed E-state index contributed by atoms with van der Waals surface area (Å²) in [5.74, 6) is 0.500. The van der Waals surface area contributed by atoms with Crippen molar-refractivity contribution in [3.05, 3.63) is 36.0 Å². The van der Waals surface area contributed by atoms with E-state index in [9.17, 15) is 4.79 Å². The predicted molar refractivity (Wildman–Crippen MR) is 57.5 cm³/mol. The first-order chi connectivity index (χ1) is 7.68. The van der Waals surface area contributed by atoms with E-state index in [1.54, 1.807) is 25.4 Å². The molecule has 2 rings (SSSR count). The molecule has 0 atom stereocenters. The molecule has 0 aromatic carbocycles. The van der Waals surface area contributed by atoms with Gasteiger partial charge in [0.2, 0.25) is 0 Å². The summed E-state index contributed by atoms with van der Waals surface area (Å²) < 4.78 is 5.15. The molecule has 84 valence electrons. The fraction of sp³-hybridized carbons (Fsp3) is 0.200. The Hall–Kier alpha value is -2.24. The second-order valence-electron chi connectivity index (χ2n) is 3.44. The maximum absolute atomic E-state index is 11.9. The van der Waals surface area contributed by atoms with E-state index in [4.69, 9.17) is 10.2 Å². The molecule has 2 aromatic heterocycles. The van der Waals surface area contributed by atoms with Gasteiger partial charge in [-0.1, -0.05) is 0 Å². The van der Waals surface area contributed by atoms with Gasteiger partial charge in [-0.25, -0.2) is 0 Å². The van der Waals surface area contributed by atoms with Crippen molar-refractivity contribution in [1.29, 1.82) is 0 Å². The Morgan fingerprint density at radius 2 is 2.50 bits per heavy atom. The van der Waals surface area contributed by atoms with Crippen LogP contribution in [0.3, 0.4) is 0 Å². The summed E-state index contributed by atoms with van der Waals surface area (Å²) in [6.07, 6.45) is 2.98. The molecule has 0 saturated heterocycles. The van der Waals surface area contributed by atoms with E-state index in [0.29, 0.717) is 23.7 Å². The molecular weight excluding hydrogens is 208 g/mol. The van der Waals surface area contributed by atoms with E-state index in [0.717, 1.165) is 0 Å². The van der Waals surface area contributed by atoms with E-state index in [1.165, 1.54) is 11.1 Å². The van der Waals surface area contributed by atoms with Crippen LogP contribution in [0.4, 0.5) is 5.69 Å². The molecule has 6 heteroatoms. The molecule has 0 radical (unpaired) electrons. The van der Waals surface area contributed by atoms with E-state index in [-0.39, 0.29) is 5.91 Å². The summed E-state index contributed by atoms with van der Waals surface area (Å²) >= 11 is 0. The number of nitrogens with two attached hydrogens (primary N) is 1. The first kappa shape index (κ1) is 10.3. The average Bonchev–Trinajstić information content (AvgIpc) is 2.88. The third-order valence-electron chi connectivity index (χ3n) is 2.20. The molecule has 16 heavy (non-hydrogen) atoms. The Bertz CT molecular complexity index is 475. The predicted octanol–water partition coefficient (Wildman–Crippen LogP) is 0.857. The highest BCUT2D eigenvalue weighted by molar-refractivity contribution is 5.96. The van der Waals surface area contributed by atoms with Gasteiger partial charge in [0.25, 0.3) is 5.91 Å². The molecule has 1 amide bonds. The third-order valence-corrected chi connectivity index (χ3v) is 2.20. The largest absolute Gasteiger partial charge is 0.467 e. The fourth-order valence-corrected chi connectivity index (χ4v) is 1.37. The van der Waals surface area contributed by atoms with Gasteiger partial charge in [-0.05, 0) is 12.1 Å². The average molecular weight is 220 g/mol. The monoisotopic (exact) mass is 220 g/mol. The number of anilines is 1. The molecule has 0 spiro atoms. The van der Waals surface area contributed by atoms with Gasteiger partial charge >= 0.3 is 0 Å². The second-order valence-corrected chi connectivity index (χ2v) is 3.44. The van der Waals surface area contributed by atoms with Crippen molar-refractivity contribution in [2.75, 3.05) is 12.8 Å². The van der Waals surface area contributed by atoms with Crippen molar-refractivity contribution in [2.45, 2.75) is 6.54 Å². The van der Waals surface area contributed by atoms with Crippen molar-refractivity contribution in [3.63, 3.8) is 0 Å². The van der Waals surface area contributed by atoms with Crippen molar-refractivity contribution in [2.24, 2.45) is 0 Å². The Morgan fingerprint density at radius 1 is 1.69 bits per heavy atom. The van der Waals surface area contributed by atoms with Crippen molar-refractivity contribution in [3.8, 4) is 0 Å². The number of hydrogen-bond acceptors (Lipinski definition) is 4. The van der Waals surface area contributed by atoms with Crippen molar-refractivity contribution >= 4 is 11.6 Å². The summed E-state index contributed by atoms with van der Waals surface area (Å²) in [6.45, 7) is 0.393. The number of carbonyl (C=O) groups is 1. The lowest BCUT2D eigenvalue weighted by Crippen LogP contribution is -2.27. The van der Waals surface area contributed by atoms with Crippen LogP contribution in [0.5, 0.6) is 0 Å². The van der Waals surface area contributed by atoms with Crippen molar-refractivity contribution in [1.82, 2.24) is 15.1 Å². The summed E-state index contributed by atoms with van der Waals surface area (Å²) in [7, 11) is 1.67. The number of furan rings is 1. The quantitative estimate of drug-likeness (QED) is 0.802. The van der Waals surface area contributed by atoms with Gasteiger partial charge in [-0.2, -0.15) is 5.10 Å². The summed E-state index contributed by atoms with van der Waals surface area (Å²) in [5, 5.41) is 6.27. The topological polar surface area (TPSA) is 88.2 Å². The number of rotatable bonds is 3. The van der Waals surface area contributed by atoms with Crippen LogP contribution >= 0.6 is 0 Å². The smallest absolute Gasteiger partial charge is 0.274 e. The minimum atomic E-state index is -0.216. The molecule has 2 aromatic rings. The normalized spacial score (nSPS) is 10.3. The molecule has 0 unspecified atom stereocenters. The molecule has 0 aliphatic rings. The number of hydrogen-bond donors (Lipinski definition) is 2. The Balaban J connectivity index is 2.08. The number of amides is 1. The van der Waals surface area contributed by atoms with E-state index in [1.807, 2.05) is 0 Å². The summed E-state index contributed by atoms with van der Waals surface area (Å²) in [6, 6.07) is 3.58. The molecule has 0 fully saturated rings. The number of nitrogens with one attached hydrogen (secondary N) is 1. The summed E-state index contributed by atoms with van der Waals surface area (Å²) in [5.41, 5.74) is 6.23. The van der Waals surface area contributed by atoms with E-state index < -0.39 is 0 Å². The van der Waals surface area contributed by atoms with Crippen LogP contribution < -0.4 is 5.73 Å². The zero-order valence-corrected chi connectivity index (χ0v) is 8.80. The minimum absolute atomic E-state index is 0.216. The molecular formula is C10H12N4O2. The number of H-pyrrole nitrogens is 1. The van der Waals surface area contributed by atoms with Gasteiger partial charge in [0, 0.05) is 7.05 Å². The van der Waals surface area contributed by atoms with Crippen LogP contribution in [0.2, 0.25) is 0 Å². The van der Waals surface area contributed by atoms with Gasteiger partial charge in [-0.15, -0.1) is 0 Å². The molecule has 6 nitrogen and oxygen atoms in total. The lowest BCUT2D eigenvalue weighted by Gasteiger charge is -2.14. The highest BCUT2D eigenvalue weighted by Gasteiger charge is 2.17. The number of aromatic nitrogens is 2. The highest BCUT2D eigenvalue weighted by atomic mass is 16.3. The van der Waals surface area contributed by atoms with E-state index >= 15 is 0 Å².